The van der Waals surface area contributed by atoms with E-state index in [1.165, 1.54) is 0 Å². The van der Waals surface area contributed by atoms with Crippen LogP contribution in [0.3, 0.4) is 0 Å². The van der Waals surface area contributed by atoms with E-state index >= 15 is 0 Å². The predicted molar refractivity (Wildman–Crippen MR) is 85.4 cm³/mol. The van der Waals surface area contributed by atoms with E-state index in [0.29, 0.717) is 11.4 Å². The van der Waals surface area contributed by atoms with Crippen molar-refractivity contribution in [2.75, 3.05) is 7.11 Å². The SMILES string of the molecule is COc1cccc(CC(=O)NNC(=O)c2cc(Br)cn2C)c1. The van der Waals surface area contributed by atoms with Crippen molar-refractivity contribution >= 4 is 27.7 Å². The largest absolute Gasteiger partial charge is 0.497 e. The molecule has 1 aromatic heterocycles. The second kappa shape index (κ2) is 7.13. The minimum absolute atomic E-state index is 0.147. The Labute approximate surface area is 136 Å². The number of hydrazine groups is 1. The van der Waals surface area contributed by atoms with Gasteiger partial charge in [0.25, 0.3) is 5.91 Å². The number of nitrogens with one attached hydrogen (secondary N) is 2. The topological polar surface area (TPSA) is 72.4 Å². The molecule has 0 aliphatic rings. The van der Waals surface area contributed by atoms with Gasteiger partial charge in [-0.15, -0.1) is 0 Å². The molecule has 1 aromatic carbocycles. The Bertz CT molecular complexity index is 697. The van der Waals surface area contributed by atoms with E-state index in [1.807, 2.05) is 12.1 Å². The fourth-order valence-electron chi connectivity index (χ4n) is 1.95. The van der Waals surface area contributed by atoms with Crippen LogP contribution in [0, 0.1) is 0 Å². The summed E-state index contributed by atoms with van der Waals surface area (Å²) in [6.07, 6.45) is 1.90. The molecule has 1 heterocycles. The maximum Gasteiger partial charge on any atom is 0.286 e. The van der Waals surface area contributed by atoms with Crippen LogP contribution in [0.5, 0.6) is 5.75 Å². The van der Waals surface area contributed by atoms with Crippen LogP contribution < -0.4 is 15.6 Å². The number of carbonyl (C=O) groups is 2. The van der Waals surface area contributed by atoms with Crippen molar-refractivity contribution in [3.63, 3.8) is 0 Å². The van der Waals surface area contributed by atoms with Gasteiger partial charge in [0.1, 0.15) is 11.4 Å². The van der Waals surface area contributed by atoms with E-state index in [9.17, 15) is 9.59 Å². The number of ether oxygens (including phenoxy) is 1. The van der Waals surface area contributed by atoms with Gasteiger partial charge in [0.05, 0.1) is 13.5 Å². The highest BCUT2D eigenvalue weighted by Gasteiger charge is 2.12. The molecule has 0 bridgehead atoms. The van der Waals surface area contributed by atoms with Crippen molar-refractivity contribution in [3.05, 3.63) is 52.3 Å². The average molecular weight is 366 g/mol. The summed E-state index contributed by atoms with van der Waals surface area (Å²) in [6, 6.07) is 8.87. The van der Waals surface area contributed by atoms with Crippen LogP contribution >= 0.6 is 15.9 Å². The smallest absolute Gasteiger partial charge is 0.286 e. The summed E-state index contributed by atoms with van der Waals surface area (Å²) in [5.41, 5.74) is 6.02. The lowest BCUT2D eigenvalue weighted by molar-refractivity contribution is -0.121. The number of rotatable bonds is 4. The first kappa shape index (κ1) is 16.1. The molecule has 0 unspecified atom stereocenters. The molecule has 0 atom stereocenters. The minimum atomic E-state index is -0.382. The van der Waals surface area contributed by atoms with Gasteiger partial charge >= 0.3 is 0 Å². The molecule has 0 spiro atoms. The Morgan fingerprint density at radius 3 is 2.68 bits per heavy atom. The first-order chi connectivity index (χ1) is 10.5. The summed E-state index contributed by atoms with van der Waals surface area (Å²) >= 11 is 3.29. The van der Waals surface area contributed by atoms with Gasteiger partial charge < -0.3 is 9.30 Å². The number of benzene rings is 1. The molecular weight excluding hydrogens is 350 g/mol. The van der Waals surface area contributed by atoms with Crippen LogP contribution in [-0.2, 0) is 18.3 Å². The minimum Gasteiger partial charge on any atom is -0.497 e. The highest BCUT2D eigenvalue weighted by Crippen LogP contribution is 2.14. The first-order valence-corrected chi connectivity index (χ1v) is 7.33. The molecule has 0 fully saturated rings. The Hall–Kier alpha value is -2.28. The normalized spacial score (nSPS) is 10.1. The Morgan fingerprint density at radius 1 is 1.27 bits per heavy atom. The molecule has 2 amide bonds. The van der Waals surface area contributed by atoms with Crippen LogP contribution in [0.4, 0.5) is 0 Å². The quantitative estimate of drug-likeness (QED) is 0.811. The van der Waals surface area contributed by atoms with Gasteiger partial charge in [0, 0.05) is 17.7 Å². The van der Waals surface area contributed by atoms with Crippen LogP contribution in [0.2, 0.25) is 0 Å². The molecule has 2 rings (SSSR count). The zero-order valence-corrected chi connectivity index (χ0v) is 13.8. The van der Waals surface area contributed by atoms with Gasteiger partial charge in [-0.1, -0.05) is 12.1 Å². The number of halogens is 1. The zero-order valence-electron chi connectivity index (χ0n) is 12.2. The molecule has 6 nitrogen and oxygen atoms in total. The molecule has 0 saturated carbocycles. The Kier molecular flexibility index (Phi) is 5.21. The summed E-state index contributed by atoms with van der Waals surface area (Å²) in [5, 5.41) is 0. The third-order valence-corrected chi connectivity index (χ3v) is 3.45. The zero-order chi connectivity index (χ0) is 16.1. The van der Waals surface area contributed by atoms with Crippen LogP contribution in [0.1, 0.15) is 16.1 Å². The maximum atomic E-state index is 11.9. The number of amides is 2. The van der Waals surface area contributed by atoms with Gasteiger partial charge in [-0.05, 0) is 39.7 Å². The van der Waals surface area contributed by atoms with E-state index in [4.69, 9.17) is 4.74 Å². The number of aromatic nitrogens is 1. The number of nitrogens with zero attached hydrogens (tertiary/aromatic N) is 1. The summed E-state index contributed by atoms with van der Waals surface area (Å²) in [6.45, 7) is 0. The monoisotopic (exact) mass is 365 g/mol. The number of hydrogen-bond acceptors (Lipinski definition) is 3. The summed E-state index contributed by atoms with van der Waals surface area (Å²) in [4.78, 5) is 23.8. The fourth-order valence-corrected chi connectivity index (χ4v) is 2.48. The molecule has 22 heavy (non-hydrogen) atoms. The molecule has 116 valence electrons. The van der Waals surface area contributed by atoms with Crippen molar-refractivity contribution in [2.24, 2.45) is 7.05 Å². The molecule has 0 aliphatic carbocycles. The fraction of sp³-hybridized carbons (Fsp3) is 0.200. The van der Waals surface area contributed by atoms with Gasteiger partial charge in [0.2, 0.25) is 5.91 Å². The van der Waals surface area contributed by atoms with Crippen molar-refractivity contribution in [3.8, 4) is 5.75 Å². The standard InChI is InChI=1S/C15H16BrN3O3/c1-19-9-11(16)8-13(19)15(21)18-17-14(20)7-10-4-3-5-12(6-10)22-2/h3-6,8-9H,7H2,1-2H3,(H,17,20)(H,18,21). The average Bonchev–Trinajstić information content (AvgIpc) is 2.83. The van der Waals surface area contributed by atoms with Crippen LogP contribution in [0.15, 0.2) is 41.0 Å². The summed E-state index contributed by atoms with van der Waals surface area (Å²) in [5.74, 6) is -0.00920. The van der Waals surface area contributed by atoms with Crippen LogP contribution in [0.25, 0.3) is 0 Å². The molecule has 0 saturated heterocycles. The van der Waals surface area contributed by atoms with E-state index in [1.54, 1.807) is 43.1 Å². The predicted octanol–water partition coefficient (Wildman–Crippen LogP) is 1.80. The molecule has 2 N–H and O–H groups in total. The second-order valence-electron chi connectivity index (χ2n) is 4.69. The molecule has 2 aromatic rings. The Balaban J connectivity index is 1.90. The lowest BCUT2D eigenvalue weighted by Gasteiger charge is -2.08. The molecule has 0 radical (unpaired) electrons. The van der Waals surface area contributed by atoms with E-state index in [-0.39, 0.29) is 18.2 Å². The van der Waals surface area contributed by atoms with Gasteiger partial charge in [-0.2, -0.15) is 0 Å². The van der Waals surface area contributed by atoms with E-state index in [2.05, 4.69) is 26.8 Å². The van der Waals surface area contributed by atoms with Crippen molar-refractivity contribution in [2.45, 2.75) is 6.42 Å². The third kappa shape index (κ3) is 4.11. The summed E-state index contributed by atoms with van der Waals surface area (Å²) in [7, 11) is 3.31. The lowest BCUT2D eigenvalue weighted by Crippen LogP contribution is -2.42. The van der Waals surface area contributed by atoms with Crippen LogP contribution in [-0.4, -0.2) is 23.5 Å². The number of methoxy groups -OCH3 is 1. The third-order valence-electron chi connectivity index (χ3n) is 3.02. The van der Waals surface area contributed by atoms with Gasteiger partial charge in [-0.3, -0.25) is 20.4 Å². The molecular formula is C15H16BrN3O3. The summed E-state index contributed by atoms with van der Waals surface area (Å²) < 4.78 is 7.55. The second-order valence-corrected chi connectivity index (χ2v) is 5.60. The van der Waals surface area contributed by atoms with Gasteiger partial charge in [-0.25, -0.2) is 0 Å². The van der Waals surface area contributed by atoms with Crippen molar-refractivity contribution < 1.29 is 14.3 Å². The molecule has 0 aliphatic heterocycles. The van der Waals surface area contributed by atoms with Crippen molar-refractivity contribution in [1.82, 2.24) is 15.4 Å². The van der Waals surface area contributed by atoms with Gasteiger partial charge in [0.15, 0.2) is 0 Å². The lowest BCUT2D eigenvalue weighted by atomic mass is 10.1. The highest BCUT2D eigenvalue weighted by atomic mass is 79.9. The highest BCUT2D eigenvalue weighted by molar-refractivity contribution is 9.10. The van der Waals surface area contributed by atoms with Crippen molar-refractivity contribution in [1.29, 1.82) is 0 Å². The van der Waals surface area contributed by atoms with E-state index < -0.39 is 0 Å². The maximum absolute atomic E-state index is 11.9. The number of hydrogen-bond donors (Lipinski definition) is 2. The number of aryl methyl sites for hydroxylation is 1. The number of carbonyl (C=O) groups excluding carboxylic acids is 2. The Morgan fingerprint density at radius 2 is 2.05 bits per heavy atom. The van der Waals surface area contributed by atoms with E-state index in [0.717, 1.165) is 10.0 Å². The molecule has 7 heteroatoms. The first-order valence-electron chi connectivity index (χ1n) is 6.53.